The molecule has 0 saturated heterocycles. The van der Waals surface area contributed by atoms with Crippen molar-refractivity contribution in [3.05, 3.63) is 29.3 Å². The van der Waals surface area contributed by atoms with Crippen LogP contribution in [0.15, 0.2) is 23.1 Å². The summed E-state index contributed by atoms with van der Waals surface area (Å²) in [6.07, 6.45) is 4.38. The molecule has 0 aliphatic heterocycles. The molecule has 1 aliphatic rings. The molecule has 1 aromatic carbocycles. The van der Waals surface area contributed by atoms with Gasteiger partial charge in [-0.1, -0.05) is 37.0 Å². The van der Waals surface area contributed by atoms with Crippen LogP contribution in [0.1, 0.15) is 43.2 Å². The summed E-state index contributed by atoms with van der Waals surface area (Å²) in [4.78, 5) is 0.294. The molecule has 0 atom stereocenters. The van der Waals surface area contributed by atoms with Crippen LogP contribution >= 0.6 is 0 Å². The molecule has 0 amide bonds. The highest BCUT2D eigenvalue weighted by Gasteiger charge is 2.31. The van der Waals surface area contributed by atoms with Gasteiger partial charge in [0.1, 0.15) is 0 Å². The lowest BCUT2D eigenvalue weighted by Gasteiger charge is -2.32. The molecule has 1 aromatic rings. The van der Waals surface area contributed by atoms with Crippen molar-refractivity contribution < 1.29 is 13.5 Å². The molecule has 2 N–H and O–H groups in total. The first-order chi connectivity index (χ1) is 9.32. The number of aliphatic hydroxyl groups is 1. The van der Waals surface area contributed by atoms with Gasteiger partial charge in [0.2, 0.25) is 10.0 Å². The minimum Gasteiger partial charge on any atom is -0.389 e. The Morgan fingerprint density at radius 3 is 2.45 bits per heavy atom. The van der Waals surface area contributed by atoms with Crippen LogP contribution in [0.5, 0.6) is 0 Å². The van der Waals surface area contributed by atoms with E-state index in [-0.39, 0.29) is 6.54 Å². The molecule has 1 saturated carbocycles. The highest BCUT2D eigenvalue weighted by atomic mass is 32.2. The standard InChI is InChI=1S/C15H23NO3S/c1-12-6-7-14(13(2)10-12)20(18,19)16-11-15(17)8-4-3-5-9-15/h6-7,10,16-17H,3-5,8-9,11H2,1-2H3. The summed E-state index contributed by atoms with van der Waals surface area (Å²) in [6.45, 7) is 3.82. The van der Waals surface area contributed by atoms with Gasteiger partial charge in [-0.15, -0.1) is 0 Å². The van der Waals surface area contributed by atoms with E-state index in [4.69, 9.17) is 0 Å². The van der Waals surface area contributed by atoms with Crippen molar-refractivity contribution in [3.8, 4) is 0 Å². The van der Waals surface area contributed by atoms with Crippen molar-refractivity contribution in [2.24, 2.45) is 0 Å². The van der Waals surface area contributed by atoms with Gasteiger partial charge >= 0.3 is 0 Å². The predicted octanol–water partition coefficient (Wildman–Crippen LogP) is 2.28. The molecule has 0 radical (unpaired) electrons. The van der Waals surface area contributed by atoms with Crippen molar-refractivity contribution in [2.75, 3.05) is 6.54 Å². The summed E-state index contributed by atoms with van der Waals surface area (Å²) >= 11 is 0. The van der Waals surface area contributed by atoms with E-state index >= 15 is 0 Å². The molecule has 0 spiro atoms. The first kappa shape index (κ1) is 15.5. The molecule has 112 valence electrons. The van der Waals surface area contributed by atoms with Gasteiger partial charge in [0, 0.05) is 6.54 Å². The van der Waals surface area contributed by atoms with E-state index in [1.165, 1.54) is 0 Å². The van der Waals surface area contributed by atoms with Gasteiger partial charge in [-0.3, -0.25) is 0 Å². The quantitative estimate of drug-likeness (QED) is 0.896. The Bertz CT molecular complexity index is 575. The third-order valence-electron chi connectivity index (χ3n) is 4.00. The SMILES string of the molecule is Cc1ccc(S(=O)(=O)NCC2(O)CCCCC2)c(C)c1. The maximum atomic E-state index is 12.3. The third-order valence-corrected chi connectivity index (χ3v) is 5.56. The predicted molar refractivity (Wildman–Crippen MR) is 79.1 cm³/mol. The van der Waals surface area contributed by atoms with E-state index < -0.39 is 15.6 Å². The number of benzene rings is 1. The van der Waals surface area contributed by atoms with Crippen molar-refractivity contribution in [2.45, 2.75) is 56.4 Å². The van der Waals surface area contributed by atoms with Gasteiger partial charge in [0.25, 0.3) is 0 Å². The summed E-state index contributed by atoms with van der Waals surface area (Å²) in [5, 5.41) is 10.4. The minimum atomic E-state index is -3.56. The Morgan fingerprint density at radius 1 is 1.20 bits per heavy atom. The van der Waals surface area contributed by atoms with E-state index in [0.29, 0.717) is 17.7 Å². The van der Waals surface area contributed by atoms with Crippen molar-refractivity contribution in [1.82, 2.24) is 4.72 Å². The highest BCUT2D eigenvalue weighted by Crippen LogP contribution is 2.28. The molecule has 0 aromatic heterocycles. The normalized spacial score (nSPS) is 18.9. The molecule has 1 fully saturated rings. The molecule has 2 rings (SSSR count). The molecular formula is C15H23NO3S. The molecule has 0 unspecified atom stereocenters. The van der Waals surface area contributed by atoms with E-state index in [1.807, 2.05) is 13.0 Å². The monoisotopic (exact) mass is 297 g/mol. The van der Waals surface area contributed by atoms with Crippen molar-refractivity contribution >= 4 is 10.0 Å². The summed E-state index contributed by atoms with van der Waals surface area (Å²) in [6, 6.07) is 5.26. The minimum absolute atomic E-state index is 0.0999. The summed E-state index contributed by atoms with van der Waals surface area (Å²) < 4.78 is 27.2. The van der Waals surface area contributed by atoms with Crippen LogP contribution in [0.25, 0.3) is 0 Å². The molecule has 4 nitrogen and oxygen atoms in total. The van der Waals surface area contributed by atoms with Crippen LogP contribution < -0.4 is 4.72 Å². The highest BCUT2D eigenvalue weighted by molar-refractivity contribution is 7.89. The van der Waals surface area contributed by atoms with E-state index in [1.54, 1.807) is 19.1 Å². The first-order valence-corrected chi connectivity index (χ1v) is 8.60. The van der Waals surface area contributed by atoms with E-state index in [2.05, 4.69) is 4.72 Å². The van der Waals surface area contributed by atoms with Gasteiger partial charge in [-0.2, -0.15) is 0 Å². The lowest BCUT2D eigenvalue weighted by Crippen LogP contribution is -2.44. The summed E-state index contributed by atoms with van der Waals surface area (Å²) in [5.74, 6) is 0. The number of sulfonamides is 1. The smallest absolute Gasteiger partial charge is 0.240 e. The maximum Gasteiger partial charge on any atom is 0.240 e. The van der Waals surface area contributed by atoms with Gasteiger partial charge in [-0.05, 0) is 38.3 Å². The molecule has 1 aliphatic carbocycles. The fourth-order valence-electron chi connectivity index (χ4n) is 2.79. The first-order valence-electron chi connectivity index (χ1n) is 7.12. The zero-order chi connectivity index (χ0) is 14.8. The number of rotatable bonds is 4. The molecule has 5 heteroatoms. The van der Waals surface area contributed by atoms with Gasteiger partial charge in [0.05, 0.1) is 10.5 Å². The second kappa shape index (κ2) is 5.84. The fourth-order valence-corrected chi connectivity index (χ4v) is 4.14. The van der Waals surface area contributed by atoms with Crippen LogP contribution in [-0.2, 0) is 10.0 Å². The van der Waals surface area contributed by atoms with Gasteiger partial charge in [-0.25, -0.2) is 13.1 Å². The molecule has 20 heavy (non-hydrogen) atoms. The van der Waals surface area contributed by atoms with Crippen LogP contribution in [0.3, 0.4) is 0 Å². The molecule has 0 heterocycles. The molecular weight excluding hydrogens is 274 g/mol. The summed E-state index contributed by atoms with van der Waals surface area (Å²) in [5.41, 5.74) is 0.879. The van der Waals surface area contributed by atoms with Crippen LogP contribution in [0.2, 0.25) is 0 Å². The van der Waals surface area contributed by atoms with Gasteiger partial charge in [0.15, 0.2) is 0 Å². The average Bonchev–Trinajstić information content (AvgIpc) is 2.37. The second-order valence-electron chi connectivity index (χ2n) is 5.88. The maximum absolute atomic E-state index is 12.3. The lowest BCUT2D eigenvalue weighted by molar-refractivity contribution is 0.00945. The Morgan fingerprint density at radius 2 is 1.85 bits per heavy atom. The number of hydrogen-bond acceptors (Lipinski definition) is 3. The van der Waals surface area contributed by atoms with E-state index in [9.17, 15) is 13.5 Å². The second-order valence-corrected chi connectivity index (χ2v) is 7.61. The number of hydrogen-bond donors (Lipinski definition) is 2. The topological polar surface area (TPSA) is 66.4 Å². The van der Waals surface area contributed by atoms with Crippen LogP contribution in [-0.4, -0.2) is 25.7 Å². The average molecular weight is 297 g/mol. The summed E-state index contributed by atoms with van der Waals surface area (Å²) in [7, 11) is -3.56. The molecule has 0 bridgehead atoms. The number of aryl methyl sites for hydroxylation is 2. The van der Waals surface area contributed by atoms with E-state index in [0.717, 1.165) is 30.4 Å². The zero-order valence-corrected chi connectivity index (χ0v) is 13.0. The Labute approximate surface area is 121 Å². The number of nitrogens with one attached hydrogen (secondary N) is 1. The van der Waals surface area contributed by atoms with Gasteiger partial charge < -0.3 is 5.11 Å². The third kappa shape index (κ3) is 3.59. The van der Waals surface area contributed by atoms with Crippen molar-refractivity contribution in [3.63, 3.8) is 0 Å². The zero-order valence-electron chi connectivity index (χ0n) is 12.1. The Kier molecular flexibility index (Phi) is 4.52. The lowest BCUT2D eigenvalue weighted by atomic mass is 9.85. The Hall–Kier alpha value is -0.910. The van der Waals surface area contributed by atoms with Crippen molar-refractivity contribution in [1.29, 1.82) is 0 Å². The van der Waals surface area contributed by atoms with Crippen LogP contribution in [0.4, 0.5) is 0 Å². The largest absolute Gasteiger partial charge is 0.389 e. The Balaban J connectivity index is 2.11. The fraction of sp³-hybridized carbons (Fsp3) is 0.600. The van der Waals surface area contributed by atoms with Crippen LogP contribution in [0, 0.1) is 13.8 Å².